The van der Waals surface area contributed by atoms with E-state index >= 15 is 4.39 Å². The Balaban J connectivity index is 1.38. The molecule has 0 N–H and O–H groups in total. The Hall–Kier alpha value is -0.480. The summed E-state index contributed by atoms with van der Waals surface area (Å²) >= 11 is 0. The van der Waals surface area contributed by atoms with Crippen molar-refractivity contribution in [3.8, 4) is 0 Å². The monoisotopic (exact) mass is 424 g/mol. The van der Waals surface area contributed by atoms with E-state index in [1.165, 1.54) is 38.5 Å². The van der Waals surface area contributed by atoms with Gasteiger partial charge in [-0.05, 0) is 64.2 Å². The van der Waals surface area contributed by atoms with Crippen LogP contribution in [0.15, 0.2) is 0 Å². The molecule has 0 heterocycles. The van der Waals surface area contributed by atoms with Crippen molar-refractivity contribution in [3.05, 3.63) is 0 Å². The quantitative estimate of drug-likeness (QED) is 0.318. The van der Waals surface area contributed by atoms with Gasteiger partial charge >= 0.3 is 0 Å². The maximum atomic E-state index is 15.6. The Morgan fingerprint density at radius 3 is 1.47 bits per heavy atom. The molecule has 0 aliphatic heterocycles. The Morgan fingerprint density at radius 2 is 1.13 bits per heavy atom. The molecule has 0 amide bonds. The molecule has 3 nitrogen and oxygen atoms in total. The Kier molecular flexibility index (Phi) is 9.19. The van der Waals surface area contributed by atoms with Gasteiger partial charge in [0, 0.05) is 13.2 Å². The number of ketones is 1. The van der Waals surface area contributed by atoms with Gasteiger partial charge in [-0.2, -0.15) is 0 Å². The second-order valence-corrected chi connectivity index (χ2v) is 10.3. The maximum Gasteiger partial charge on any atom is 0.151 e. The summed E-state index contributed by atoms with van der Waals surface area (Å²) in [4.78, 5) is 13.3. The lowest BCUT2D eigenvalue weighted by atomic mass is 9.42. The second-order valence-electron chi connectivity index (χ2n) is 10.3. The summed E-state index contributed by atoms with van der Waals surface area (Å²) in [5, 5.41) is 0. The average molecular weight is 425 g/mol. The zero-order valence-electron chi connectivity index (χ0n) is 19.6. The number of hydrogen-bond acceptors (Lipinski definition) is 3. The lowest BCUT2D eigenvalue weighted by molar-refractivity contribution is -0.198. The van der Waals surface area contributed by atoms with Gasteiger partial charge in [-0.1, -0.05) is 52.4 Å². The zero-order chi connectivity index (χ0) is 21.5. The molecular formula is C26H45FO3. The van der Waals surface area contributed by atoms with Crippen molar-refractivity contribution in [3.63, 3.8) is 0 Å². The summed E-state index contributed by atoms with van der Waals surface area (Å²) in [5.74, 6) is 0.241. The van der Waals surface area contributed by atoms with Crippen molar-refractivity contribution >= 4 is 5.78 Å². The lowest BCUT2D eigenvalue weighted by Gasteiger charge is -2.61. The van der Waals surface area contributed by atoms with Crippen LogP contribution in [0.1, 0.15) is 117 Å². The molecule has 3 fully saturated rings. The minimum Gasteiger partial charge on any atom is -0.378 e. The number of alkyl halides is 1. The summed E-state index contributed by atoms with van der Waals surface area (Å²) in [6, 6.07) is 0. The van der Waals surface area contributed by atoms with Gasteiger partial charge in [-0.15, -0.1) is 0 Å². The third-order valence-electron chi connectivity index (χ3n) is 8.23. The van der Waals surface area contributed by atoms with E-state index < -0.39 is 17.0 Å². The molecule has 3 aliphatic carbocycles. The van der Waals surface area contributed by atoms with E-state index in [2.05, 4.69) is 13.8 Å². The Morgan fingerprint density at radius 1 is 0.733 bits per heavy atom. The van der Waals surface area contributed by atoms with E-state index in [4.69, 9.17) is 9.47 Å². The highest BCUT2D eigenvalue weighted by molar-refractivity contribution is 5.98. The molecule has 0 radical (unpaired) electrons. The maximum absolute atomic E-state index is 15.6. The molecule has 0 aromatic carbocycles. The predicted molar refractivity (Wildman–Crippen MR) is 119 cm³/mol. The fraction of sp³-hybridized carbons (Fsp3) is 0.962. The van der Waals surface area contributed by atoms with Gasteiger partial charge in [0.1, 0.15) is 6.17 Å². The Bertz CT molecular complexity index is 474. The van der Waals surface area contributed by atoms with Crippen molar-refractivity contribution < 1.29 is 18.7 Å². The molecule has 2 spiro atoms. The van der Waals surface area contributed by atoms with Gasteiger partial charge < -0.3 is 9.47 Å². The standard InChI is InChI=1S/C26H45FO3/c1-3-5-7-9-19-29-21-11-15-25(16-12-21)23(27)26(24(25)28)17-13-22(14-18-26)30-20-10-8-6-4-2/h21-23H,3-20H2,1-2H3/t21?,22?,23?,25-,26-. The van der Waals surface area contributed by atoms with E-state index in [1.54, 1.807) is 0 Å². The van der Waals surface area contributed by atoms with E-state index in [1.807, 2.05) is 0 Å². The molecule has 0 unspecified atom stereocenters. The molecular weight excluding hydrogens is 379 g/mol. The fourth-order valence-electron chi connectivity index (χ4n) is 6.24. The van der Waals surface area contributed by atoms with Crippen LogP contribution < -0.4 is 0 Å². The summed E-state index contributed by atoms with van der Waals surface area (Å²) in [5.41, 5.74) is -1.37. The third-order valence-corrected chi connectivity index (χ3v) is 8.23. The molecule has 174 valence electrons. The fourth-order valence-corrected chi connectivity index (χ4v) is 6.24. The van der Waals surface area contributed by atoms with E-state index in [0.29, 0.717) is 25.7 Å². The van der Waals surface area contributed by atoms with Crippen LogP contribution in [-0.2, 0) is 14.3 Å². The van der Waals surface area contributed by atoms with Gasteiger partial charge in [0.05, 0.1) is 23.0 Å². The summed E-state index contributed by atoms with van der Waals surface area (Å²) < 4.78 is 27.6. The highest BCUT2D eigenvalue weighted by Gasteiger charge is 2.71. The van der Waals surface area contributed by atoms with Crippen molar-refractivity contribution in [2.75, 3.05) is 13.2 Å². The highest BCUT2D eigenvalue weighted by Crippen LogP contribution is 2.64. The van der Waals surface area contributed by atoms with Gasteiger partial charge in [-0.3, -0.25) is 4.79 Å². The normalized spacial score (nSPS) is 36.4. The predicted octanol–water partition coefficient (Wildman–Crippen LogP) is 6.96. The number of ether oxygens (including phenoxy) is 2. The van der Waals surface area contributed by atoms with Gasteiger partial charge in [-0.25, -0.2) is 4.39 Å². The zero-order valence-corrected chi connectivity index (χ0v) is 19.6. The topological polar surface area (TPSA) is 35.5 Å². The van der Waals surface area contributed by atoms with E-state index in [0.717, 1.165) is 51.7 Å². The molecule has 3 saturated carbocycles. The van der Waals surface area contributed by atoms with Crippen molar-refractivity contribution in [1.82, 2.24) is 0 Å². The summed E-state index contributed by atoms with van der Waals surface area (Å²) in [6.45, 7) is 6.06. The first-order valence-corrected chi connectivity index (χ1v) is 13.0. The molecule has 3 aliphatic rings. The molecule has 3 rings (SSSR count). The highest BCUT2D eigenvalue weighted by atomic mass is 19.1. The van der Waals surface area contributed by atoms with Gasteiger partial charge in [0.2, 0.25) is 0 Å². The number of carbonyl (C=O) groups is 1. The number of Topliss-reactive ketones (excluding diaryl/α,β-unsaturated/α-hetero) is 1. The third kappa shape index (κ3) is 5.11. The van der Waals surface area contributed by atoms with Crippen LogP contribution in [0, 0.1) is 10.8 Å². The number of unbranched alkanes of at least 4 members (excludes halogenated alkanes) is 6. The summed E-state index contributed by atoms with van der Waals surface area (Å²) in [6.07, 6.45) is 15.3. The van der Waals surface area contributed by atoms with Crippen molar-refractivity contribution in [2.24, 2.45) is 10.8 Å². The smallest absolute Gasteiger partial charge is 0.151 e. The van der Waals surface area contributed by atoms with Crippen LogP contribution >= 0.6 is 0 Å². The van der Waals surface area contributed by atoms with Gasteiger partial charge in [0.25, 0.3) is 0 Å². The van der Waals surface area contributed by atoms with Crippen LogP contribution in [-0.4, -0.2) is 37.4 Å². The first-order valence-electron chi connectivity index (χ1n) is 13.0. The minimum absolute atomic E-state index is 0.227. The van der Waals surface area contributed by atoms with Crippen LogP contribution in [0.5, 0.6) is 0 Å². The Labute approximate surface area is 183 Å². The van der Waals surface area contributed by atoms with E-state index in [9.17, 15) is 4.79 Å². The number of rotatable bonds is 12. The number of carbonyl (C=O) groups excluding carboxylic acids is 1. The van der Waals surface area contributed by atoms with Crippen LogP contribution in [0.3, 0.4) is 0 Å². The SMILES string of the molecule is CCCCCCOC1CC[C@]2(CC1)C(=O)[C@@]1(CCC(OCCCCCC)CC1)C2F. The van der Waals surface area contributed by atoms with Crippen LogP contribution in [0.25, 0.3) is 0 Å². The summed E-state index contributed by atoms with van der Waals surface area (Å²) in [7, 11) is 0. The first-order chi connectivity index (χ1) is 14.6. The molecule has 0 bridgehead atoms. The molecule has 4 heteroatoms. The van der Waals surface area contributed by atoms with Crippen molar-refractivity contribution in [2.45, 2.75) is 135 Å². The van der Waals surface area contributed by atoms with E-state index in [-0.39, 0.29) is 18.0 Å². The molecule has 0 aromatic rings. The lowest BCUT2D eigenvalue weighted by Crippen LogP contribution is -2.69. The molecule has 0 saturated heterocycles. The number of hydrogen-bond donors (Lipinski definition) is 0. The number of halogens is 1. The second kappa shape index (κ2) is 11.4. The largest absolute Gasteiger partial charge is 0.378 e. The average Bonchev–Trinajstić information content (AvgIpc) is 2.79. The minimum atomic E-state index is -0.950. The van der Waals surface area contributed by atoms with Crippen molar-refractivity contribution in [1.29, 1.82) is 0 Å². The molecule has 0 aromatic heterocycles. The van der Waals surface area contributed by atoms with Crippen LogP contribution in [0.2, 0.25) is 0 Å². The molecule has 30 heavy (non-hydrogen) atoms. The van der Waals surface area contributed by atoms with Crippen LogP contribution in [0.4, 0.5) is 4.39 Å². The first kappa shape index (κ1) is 24.2. The molecule has 0 atom stereocenters. The van der Waals surface area contributed by atoms with Gasteiger partial charge in [0.15, 0.2) is 5.78 Å².